The molecule has 1 aromatic rings. The van der Waals surface area contributed by atoms with Gasteiger partial charge in [0.1, 0.15) is 5.75 Å². The first kappa shape index (κ1) is 17.1. The molecule has 1 saturated heterocycles. The van der Waals surface area contributed by atoms with Crippen LogP contribution in [0.3, 0.4) is 0 Å². The Morgan fingerprint density at radius 1 is 1.25 bits per heavy atom. The lowest BCUT2D eigenvalue weighted by atomic mass is 9.85. The highest BCUT2D eigenvalue weighted by Gasteiger charge is 2.39. The molecule has 1 amide bonds. The number of nitrogens with zero attached hydrogens (tertiary/aromatic N) is 2. The number of carbonyl (C=O) groups excluding carboxylic acids is 1. The van der Waals surface area contributed by atoms with Gasteiger partial charge in [-0.3, -0.25) is 9.78 Å². The van der Waals surface area contributed by atoms with Crippen molar-refractivity contribution in [1.82, 2.24) is 9.88 Å². The van der Waals surface area contributed by atoms with E-state index in [0.29, 0.717) is 31.9 Å². The van der Waals surface area contributed by atoms with Gasteiger partial charge < -0.3 is 9.64 Å². The van der Waals surface area contributed by atoms with Gasteiger partial charge in [-0.2, -0.15) is 0 Å². The first-order valence-electron chi connectivity index (χ1n) is 8.73. The van der Waals surface area contributed by atoms with Crippen LogP contribution >= 0.6 is 0 Å². The van der Waals surface area contributed by atoms with E-state index in [4.69, 9.17) is 4.74 Å². The molecule has 4 nitrogen and oxygen atoms in total. The maximum absolute atomic E-state index is 13.3. The molecule has 1 aromatic heterocycles. The molecule has 0 aromatic carbocycles. The second-order valence-electron chi connectivity index (χ2n) is 6.92. The highest BCUT2D eigenvalue weighted by Crippen LogP contribution is 2.37. The second-order valence-corrected chi connectivity index (χ2v) is 6.92. The smallest absolute Gasteiger partial charge is 0.248 e. The number of rotatable bonds is 4. The molecule has 3 rings (SSSR count). The zero-order valence-corrected chi connectivity index (χ0v) is 13.8. The predicted octanol–water partition coefficient (Wildman–Crippen LogP) is 3.52. The number of piperidine rings is 1. The quantitative estimate of drug-likeness (QED) is 0.843. The summed E-state index contributed by atoms with van der Waals surface area (Å²) >= 11 is 0. The van der Waals surface area contributed by atoms with Gasteiger partial charge in [0.2, 0.25) is 11.8 Å². The van der Waals surface area contributed by atoms with Gasteiger partial charge in [0.15, 0.2) is 0 Å². The SMILES string of the molecule is O=C(C1CCC(F)(F)CC1)N1CCCC(COc2ccncc2)C1. The van der Waals surface area contributed by atoms with E-state index in [0.717, 1.165) is 25.1 Å². The summed E-state index contributed by atoms with van der Waals surface area (Å²) in [4.78, 5) is 18.4. The fourth-order valence-electron chi connectivity index (χ4n) is 3.60. The summed E-state index contributed by atoms with van der Waals surface area (Å²) in [5.41, 5.74) is 0. The number of aromatic nitrogens is 1. The minimum Gasteiger partial charge on any atom is -0.493 e. The van der Waals surface area contributed by atoms with Crippen molar-refractivity contribution in [2.75, 3.05) is 19.7 Å². The van der Waals surface area contributed by atoms with E-state index < -0.39 is 5.92 Å². The summed E-state index contributed by atoms with van der Waals surface area (Å²) in [6.45, 7) is 1.96. The van der Waals surface area contributed by atoms with Crippen LogP contribution in [0.25, 0.3) is 0 Å². The van der Waals surface area contributed by atoms with Crippen molar-refractivity contribution >= 4 is 5.91 Å². The first-order valence-corrected chi connectivity index (χ1v) is 8.73. The number of hydrogen-bond acceptors (Lipinski definition) is 3. The fourth-order valence-corrected chi connectivity index (χ4v) is 3.60. The summed E-state index contributed by atoms with van der Waals surface area (Å²) in [7, 11) is 0. The fraction of sp³-hybridized carbons (Fsp3) is 0.667. The number of hydrogen-bond donors (Lipinski definition) is 0. The van der Waals surface area contributed by atoms with Crippen LogP contribution in [-0.2, 0) is 4.79 Å². The normalized spacial score (nSPS) is 24.6. The standard InChI is InChI=1S/C18H24F2N2O2/c19-18(20)7-3-15(4-8-18)17(23)22-11-1-2-14(12-22)13-24-16-5-9-21-10-6-16/h5-6,9-10,14-15H,1-4,7-8,11-13H2. The molecule has 1 aliphatic carbocycles. The van der Waals surface area contributed by atoms with E-state index in [1.807, 2.05) is 17.0 Å². The van der Waals surface area contributed by atoms with Crippen LogP contribution in [0.1, 0.15) is 38.5 Å². The molecule has 1 saturated carbocycles. The Morgan fingerprint density at radius 3 is 2.67 bits per heavy atom. The Morgan fingerprint density at radius 2 is 1.96 bits per heavy atom. The Bertz CT molecular complexity index is 543. The van der Waals surface area contributed by atoms with Crippen LogP contribution in [0.4, 0.5) is 8.78 Å². The van der Waals surface area contributed by atoms with Crippen molar-refractivity contribution in [2.45, 2.75) is 44.4 Å². The highest BCUT2D eigenvalue weighted by atomic mass is 19.3. The van der Waals surface area contributed by atoms with E-state index in [1.165, 1.54) is 0 Å². The molecule has 2 heterocycles. The number of alkyl halides is 2. The molecule has 132 valence electrons. The average Bonchev–Trinajstić information content (AvgIpc) is 2.60. The summed E-state index contributed by atoms with van der Waals surface area (Å²) in [5.74, 6) is -1.69. The summed E-state index contributed by atoms with van der Waals surface area (Å²) < 4.78 is 32.3. The summed E-state index contributed by atoms with van der Waals surface area (Å²) in [6.07, 6.45) is 5.63. The van der Waals surface area contributed by atoms with Crippen molar-refractivity contribution in [2.24, 2.45) is 11.8 Å². The van der Waals surface area contributed by atoms with Crippen LogP contribution in [0.15, 0.2) is 24.5 Å². The number of likely N-dealkylation sites (tertiary alicyclic amines) is 1. The molecule has 0 bridgehead atoms. The molecule has 1 atom stereocenters. The van der Waals surface area contributed by atoms with Crippen LogP contribution in [0.2, 0.25) is 0 Å². The average molecular weight is 338 g/mol. The van der Waals surface area contributed by atoms with Crippen molar-refractivity contribution < 1.29 is 18.3 Å². The third-order valence-corrected chi connectivity index (χ3v) is 5.03. The minimum absolute atomic E-state index is 0.0547. The maximum Gasteiger partial charge on any atom is 0.248 e. The second kappa shape index (κ2) is 7.45. The molecule has 0 spiro atoms. The van der Waals surface area contributed by atoms with Crippen molar-refractivity contribution in [3.8, 4) is 5.75 Å². The van der Waals surface area contributed by atoms with Gasteiger partial charge in [0, 0.05) is 50.2 Å². The molecule has 1 aliphatic heterocycles. The van der Waals surface area contributed by atoms with Crippen LogP contribution < -0.4 is 4.74 Å². The van der Waals surface area contributed by atoms with Gasteiger partial charge in [0.25, 0.3) is 0 Å². The van der Waals surface area contributed by atoms with Crippen molar-refractivity contribution in [3.05, 3.63) is 24.5 Å². The molecular weight excluding hydrogens is 314 g/mol. The number of amides is 1. The Hall–Kier alpha value is -1.72. The third kappa shape index (κ3) is 4.42. The van der Waals surface area contributed by atoms with E-state index in [2.05, 4.69) is 4.98 Å². The summed E-state index contributed by atoms with van der Waals surface area (Å²) in [6, 6.07) is 3.63. The molecule has 24 heavy (non-hydrogen) atoms. The topological polar surface area (TPSA) is 42.4 Å². The zero-order chi connectivity index (χ0) is 17.0. The van der Waals surface area contributed by atoms with E-state index in [1.54, 1.807) is 12.4 Å². The van der Waals surface area contributed by atoms with Crippen molar-refractivity contribution in [1.29, 1.82) is 0 Å². The van der Waals surface area contributed by atoms with Gasteiger partial charge in [-0.15, -0.1) is 0 Å². The Kier molecular flexibility index (Phi) is 5.31. The van der Waals surface area contributed by atoms with E-state index in [9.17, 15) is 13.6 Å². The molecule has 2 aliphatic rings. The van der Waals surface area contributed by atoms with E-state index in [-0.39, 0.29) is 24.7 Å². The van der Waals surface area contributed by atoms with Crippen LogP contribution in [-0.4, -0.2) is 41.4 Å². The predicted molar refractivity (Wildman–Crippen MR) is 85.9 cm³/mol. The lowest BCUT2D eigenvalue weighted by Gasteiger charge is -2.36. The van der Waals surface area contributed by atoms with Crippen LogP contribution in [0.5, 0.6) is 5.75 Å². The molecule has 0 N–H and O–H groups in total. The lowest BCUT2D eigenvalue weighted by molar-refractivity contribution is -0.141. The maximum atomic E-state index is 13.3. The molecule has 1 unspecified atom stereocenters. The van der Waals surface area contributed by atoms with Gasteiger partial charge in [-0.25, -0.2) is 8.78 Å². The number of ether oxygens (including phenoxy) is 1. The molecular formula is C18H24F2N2O2. The first-order chi connectivity index (χ1) is 11.5. The largest absolute Gasteiger partial charge is 0.493 e. The molecule has 0 radical (unpaired) electrons. The number of halogens is 2. The van der Waals surface area contributed by atoms with Gasteiger partial charge >= 0.3 is 0 Å². The molecule has 6 heteroatoms. The minimum atomic E-state index is -2.58. The zero-order valence-electron chi connectivity index (χ0n) is 13.8. The highest BCUT2D eigenvalue weighted by molar-refractivity contribution is 5.79. The van der Waals surface area contributed by atoms with Gasteiger partial charge in [0.05, 0.1) is 6.61 Å². The summed E-state index contributed by atoms with van der Waals surface area (Å²) in [5, 5.41) is 0. The lowest BCUT2D eigenvalue weighted by Crippen LogP contribution is -2.45. The Balaban J connectivity index is 1.49. The van der Waals surface area contributed by atoms with E-state index >= 15 is 0 Å². The number of carbonyl (C=O) groups is 1. The Labute approximate surface area is 141 Å². The monoisotopic (exact) mass is 338 g/mol. The van der Waals surface area contributed by atoms with Crippen LogP contribution in [0, 0.1) is 11.8 Å². The van der Waals surface area contributed by atoms with Gasteiger partial charge in [-0.05, 0) is 37.8 Å². The third-order valence-electron chi connectivity index (χ3n) is 5.03. The molecule has 2 fully saturated rings. The number of pyridine rings is 1. The van der Waals surface area contributed by atoms with Crippen molar-refractivity contribution in [3.63, 3.8) is 0 Å². The van der Waals surface area contributed by atoms with Gasteiger partial charge in [-0.1, -0.05) is 0 Å².